The summed E-state index contributed by atoms with van der Waals surface area (Å²) >= 11 is 0. The minimum atomic E-state index is -0.381. The summed E-state index contributed by atoms with van der Waals surface area (Å²) < 4.78 is 20.2. The normalized spacial score (nSPS) is 14.7. The number of halogens is 1. The number of piperazine rings is 1. The number of nitrogens with zero attached hydrogens (tertiary/aromatic N) is 6. The van der Waals surface area contributed by atoms with E-state index in [0.717, 1.165) is 51.1 Å². The zero-order valence-corrected chi connectivity index (χ0v) is 17.5. The van der Waals surface area contributed by atoms with Crippen molar-refractivity contribution in [2.75, 3.05) is 56.6 Å². The molecule has 9 nitrogen and oxygen atoms in total. The van der Waals surface area contributed by atoms with E-state index >= 15 is 0 Å². The van der Waals surface area contributed by atoms with Crippen LogP contribution in [0.3, 0.4) is 0 Å². The standard InChI is InChI=1S/C21H26FN7O2/c1-31-19(30)14-29-21-16(13-26-29)20(24-15-25-21)23-7-4-8-27-9-11-28(12-10-27)18-6-3-2-5-17(18)22/h2-3,5-6,13,15H,4,7-12,14H2,1H3,(H,23,24,25). The first kappa shape index (κ1) is 21.0. The van der Waals surface area contributed by atoms with Gasteiger partial charge in [-0.3, -0.25) is 9.69 Å². The Morgan fingerprint density at radius 3 is 2.77 bits per heavy atom. The number of nitrogens with one attached hydrogen (secondary N) is 1. The van der Waals surface area contributed by atoms with Crippen LogP contribution in [0.15, 0.2) is 36.8 Å². The molecule has 1 aliphatic rings. The van der Waals surface area contributed by atoms with E-state index in [-0.39, 0.29) is 18.3 Å². The quantitative estimate of drug-likeness (QED) is 0.430. The van der Waals surface area contributed by atoms with Gasteiger partial charge in [-0.2, -0.15) is 5.10 Å². The lowest BCUT2D eigenvalue weighted by molar-refractivity contribution is -0.141. The molecule has 0 unspecified atom stereocenters. The predicted octanol–water partition coefficient (Wildman–Crippen LogP) is 1.76. The first-order valence-electron chi connectivity index (χ1n) is 10.3. The number of carbonyl (C=O) groups is 1. The lowest BCUT2D eigenvalue weighted by Crippen LogP contribution is -2.47. The highest BCUT2D eigenvalue weighted by atomic mass is 19.1. The zero-order chi connectivity index (χ0) is 21.6. The van der Waals surface area contributed by atoms with E-state index in [1.165, 1.54) is 24.2 Å². The number of rotatable bonds is 8. The minimum Gasteiger partial charge on any atom is -0.468 e. The van der Waals surface area contributed by atoms with Gasteiger partial charge in [-0.25, -0.2) is 19.0 Å². The Bertz CT molecular complexity index is 1030. The van der Waals surface area contributed by atoms with Crippen LogP contribution in [0.4, 0.5) is 15.9 Å². The SMILES string of the molecule is COC(=O)Cn1ncc2c(NCCCN3CCN(c4ccccc4F)CC3)ncnc21. The molecule has 1 saturated heterocycles. The summed E-state index contributed by atoms with van der Waals surface area (Å²) in [6.45, 7) is 5.17. The van der Waals surface area contributed by atoms with Gasteiger partial charge in [0.25, 0.3) is 0 Å². The average molecular weight is 427 g/mol. The summed E-state index contributed by atoms with van der Waals surface area (Å²) in [4.78, 5) is 24.6. The molecule has 0 saturated carbocycles. The molecule has 0 amide bonds. The number of carbonyl (C=O) groups excluding carboxylic acids is 1. The molecule has 2 aromatic heterocycles. The summed E-state index contributed by atoms with van der Waals surface area (Å²) in [5, 5.41) is 8.33. The van der Waals surface area contributed by atoms with Gasteiger partial charge in [0.05, 0.1) is 24.4 Å². The molecule has 1 aliphatic heterocycles. The number of anilines is 2. The van der Waals surface area contributed by atoms with E-state index < -0.39 is 0 Å². The Kier molecular flexibility index (Phi) is 6.56. The van der Waals surface area contributed by atoms with Crippen molar-refractivity contribution in [1.29, 1.82) is 0 Å². The summed E-state index contributed by atoms with van der Waals surface area (Å²) in [6, 6.07) is 6.94. The third-order valence-corrected chi connectivity index (χ3v) is 5.45. The molecule has 31 heavy (non-hydrogen) atoms. The van der Waals surface area contributed by atoms with E-state index in [2.05, 4.69) is 30.2 Å². The molecule has 0 spiro atoms. The van der Waals surface area contributed by atoms with E-state index in [0.29, 0.717) is 17.2 Å². The van der Waals surface area contributed by atoms with Crippen molar-refractivity contribution in [3.05, 3.63) is 42.6 Å². The number of aromatic nitrogens is 4. The van der Waals surface area contributed by atoms with Gasteiger partial charge in [-0.05, 0) is 25.1 Å². The average Bonchev–Trinajstić information content (AvgIpc) is 3.21. The third kappa shape index (κ3) is 4.91. The summed E-state index contributed by atoms with van der Waals surface area (Å²) in [6.07, 6.45) is 4.06. The molecular formula is C21H26FN7O2. The Morgan fingerprint density at radius 2 is 2.00 bits per heavy atom. The lowest BCUT2D eigenvalue weighted by atomic mass is 10.2. The zero-order valence-electron chi connectivity index (χ0n) is 17.5. The van der Waals surface area contributed by atoms with Crippen molar-refractivity contribution >= 4 is 28.5 Å². The van der Waals surface area contributed by atoms with Crippen LogP contribution in [0.1, 0.15) is 6.42 Å². The fourth-order valence-electron chi connectivity index (χ4n) is 3.77. The van der Waals surface area contributed by atoms with Crippen LogP contribution in [0.2, 0.25) is 0 Å². The Morgan fingerprint density at radius 1 is 1.19 bits per heavy atom. The van der Waals surface area contributed by atoms with Crippen LogP contribution in [0, 0.1) is 5.82 Å². The molecule has 4 rings (SSSR count). The van der Waals surface area contributed by atoms with Gasteiger partial charge >= 0.3 is 5.97 Å². The highest BCUT2D eigenvalue weighted by Crippen LogP contribution is 2.21. The maximum atomic E-state index is 14.0. The van der Waals surface area contributed by atoms with Crippen molar-refractivity contribution in [2.45, 2.75) is 13.0 Å². The van der Waals surface area contributed by atoms with Gasteiger partial charge in [0.15, 0.2) is 5.65 Å². The lowest BCUT2D eigenvalue weighted by Gasteiger charge is -2.36. The predicted molar refractivity (Wildman–Crippen MR) is 115 cm³/mol. The Labute approximate surface area is 179 Å². The molecule has 0 bridgehead atoms. The number of methoxy groups -OCH3 is 1. The van der Waals surface area contributed by atoms with Crippen molar-refractivity contribution in [3.63, 3.8) is 0 Å². The highest BCUT2D eigenvalue weighted by Gasteiger charge is 2.19. The van der Waals surface area contributed by atoms with E-state index in [1.807, 2.05) is 12.1 Å². The topological polar surface area (TPSA) is 88.4 Å². The smallest absolute Gasteiger partial charge is 0.327 e. The third-order valence-electron chi connectivity index (χ3n) is 5.45. The molecule has 10 heteroatoms. The fourth-order valence-corrected chi connectivity index (χ4v) is 3.77. The van der Waals surface area contributed by atoms with E-state index in [9.17, 15) is 9.18 Å². The van der Waals surface area contributed by atoms with Crippen molar-refractivity contribution in [3.8, 4) is 0 Å². The number of para-hydroxylation sites is 1. The van der Waals surface area contributed by atoms with E-state index in [4.69, 9.17) is 4.74 Å². The van der Waals surface area contributed by atoms with Crippen molar-refractivity contribution < 1.29 is 13.9 Å². The van der Waals surface area contributed by atoms with Crippen LogP contribution >= 0.6 is 0 Å². The van der Waals surface area contributed by atoms with Crippen LogP contribution < -0.4 is 10.2 Å². The maximum Gasteiger partial charge on any atom is 0.327 e. The van der Waals surface area contributed by atoms with Gasteiger partial charge < -0.3 is 15.0 Å². The first-order valence-corrected chi connectivity index (χ1v) is 10.3. The summed E-state index contributed by atoms with van der Waals surface area (Å²) in [5.74, 6) is 0.157. The molecule has 164 valence electrons. The second-order valence-corrected chi connectivity index (χ2v) is 7.40. The molecule has 3 heterocycles. The van der Waals surface area contributed by atoms with Crippen LogP contribution in [0.5, 0.6) is 0 Å². The van der Waals surface area contributed by atoms with Gasteiger partial charge in [0.1, 0.15) is 24.5 Å². The Hall–Kier alpha value is -3.27. The van der Waals surface area contributed by atoms with Crippen LogP contribution in [-0.4, -0.2) is 77.0 Å². The molecular weight excluding hydrogens is 401 g/mol. The molecule has 1 fully saturated rings. The van der Waals surface area contributed by atoms with Gasteiger partial charge in [-0.1, -0.05) is 12.1 Å². The van der Waals surface area contributed by atoms with Crippen molar-refractivity contribution in [2.24, 2.45) is 0 Å². The van der Waals surface area contributed by atoms with Crippen molar-refractivity contribution in [1.82, 2.24) is 24.6 Å². The Balaban J connectivity index is 1.25. The number of fused-ring (bicyclic) bond motifs is 1. The molecule has 1 aromatic carbocycles. The van der Waals surface area contributed by atoms with Gasteiger partial charge in [0.2, 0.25) is 0 Å². The first-order chi connectivity index (χ1) is 15.2. The molecule has 0 radical (unpaired) electrons. The number of hydrogen-bond donors (Lipinski definition) is 1. The van der Waals surface area contributed by atoms with E-state index in [1.54, 1.807) is 12.3 Å². The maximum absolute atomic E-state index is 14.0. The summed E-state index contributed by atoms with van der Waals surface area (Å²) in [7, 11) is 1.34. The molecule has 0 aliphatic carbocycles. The van der Waals surface area contributed by atoms with Gasteiger partial charge in [-0.15, -0.1) is 0 Å². The van der Waals surface area contributed by atoms with Crippen LogP contribution in [0.25, 0.3) is 11.0 Å². The second-order valence-electron chi connectivity index (χ2n) is 7.40. The monoisotopic (exact) mass is 427 g/mol. The summed E-state index contributed by atoms with van der Waals surface area (Å²) in [5.41, 5.74) is 1.27. The number of esters is 1. The van der Waals surface area contributed by atoms with Gasteiger partial charge in [0, 0.05) is 32.7 Å². The minimum absolute atomic E-state index is 0.00924. The second kappa shape index (κ2) is 9.69. The van der Waals surface area contributed by atoms with Crippen LogP contribution in [-0.2, 0) is 16.1 Å². The number of ether oxygens (including phenoxy) is 1. The highest BCUT2D eigenvalue weighted by molar-refractivity contribution is 5.86. The molecule has 0 atom stereocenters. The molecule has 3 aromatic rings. The fraction of sp³-hybridized carbons (Fsp3) is 0.429. The largest absolute Gasteiger partial charge is 0.468 e. The number of hydrogen-bond acceptors (Lipinski definition) is 8. The number of benzene rings is 1. The molecule has 1 N–H and O–H groups in total.